The molecule has 2 unspecified atom stereocenters. The zero-order valence-corrected chi connectivity index (χ0v) is 16.7. The first kappa shape index (κ1) is 19.8. The largest absolute Gasteiger partial charge is 0.483 e. The van der Waals surface area contributed by atoms with E-state index in [1.807, 2.05) is 0 Å². The van der Waals surface area contributed by atoms with E-state index in [4.69, 9.17) is 9.47 Å². The molecule has 2 heterocycles. The summed E-state index contributed by atoms with van der Waals surface area (Å²) in [5, 5.41) is 14.2. The number of benzene rings is 1. The molecule has 0 radical (unpaired) electrons. The van der Waals surface area contributed by atoms with Crippen LogP contribution >= 0.6 is 11.3 Å². The number of nitro groups is 1. The molecule has 0 saturated carbocycles. The molecule has 9 heteroatoms. The van der Waals surface area contributed by atoms with Crippen molar-refractivity contribution in [2.24, 2.45) is 0 Å². The molecule has 1 N–H and O–H groups in total. The number of carbonyl (C=O) groups is 2. The summed E-state index contributed by atoms with van der Waals surface area (Å²) in [5.74, 6) is 0.0194. The van der Waals surface area contributed by atoms with Crippen molar-refractivity contribution in [2.75, 3.05) is 5.32 Å². The lowest BCUT2D eigenvalue weighted by Gasteiger charge is -2.43. The van der Waals surface area contributed by atoms with Crippen LogP contribution in [0, 0.1) is 10.1 Å². The Morgan fingerprint density at radius 1 is 1.25 bits per heavy atom. The number of anilines is 1. The number of non-ortho nitro benzene ring substituents is 1. The molecule has 0 amide bonds. The molecule has 2 atom stereocenters. The molecule has 1 aromatic carbocycles. The third-order valence-corrected chi connectivity index (χ3v) is 5.71. The number of carbonyl (C=O) groups excluding carboxylic acids is 2. The van der Waals surface area contributed by atoms with E-state index in [9.17, 15) is 19.7 Å². The number of Topliss-reactive ketones (excluding diaryl/α,β-unsaturated/α-hetero) is 1. The van der Waals surface area contributed by atoms with Crippen LogP contribution in [0.3, 0.4) is 0 Å². The first-order valence-electron chi connectivity index (χ1n) is 8.60. The van der Waals surface area contributed by atoms with Crippen LogP contribution in [0.4, 0.5) is 11.4 Å². The minimum atomic E-state index is -0.855. The van der Waals surface area contributed by atoms with E-state index in [2.05, 4.69) is 5.32 Å². The number of rotatable bonds is 5. The summed E-state index contributed by atoms with van der Waals surface area (Å²) in [4.78, 5) is 35.2. The van der Waals surface area contributed by atoms with Gasteiger partial charge in [0.2, 0.25) is 0 Å². The molecule has 28 heavy (non-hydrogen) atoms. The van der Waals surface area contributed by atoms with Gasteiger partial charge in [-0.15, -0.1) is 11.3 Å². The number of hydrogen-bond acceptors (Lipinski definition) is 8. The van der Waals surface area contributed by atoms with Gasteiger partial charge in [0.15, 0.2) is 11.9 Å². The summed E-state index contributed by atoms with van der Waals surface area (Å²) < 4.78 is 11.6. The van der Waals surface area contributed by atoms with Gasteiger partial charge >= 0.3 is 5.97 Å². The summed E-state index contributed by atoms with van der Waals surface area (Å²) in [5.41, 5.74) is -0.258. The molecule has 1 aliphatic rings. The number of fused-ring (bicyclic) bond motifs is 1. The van der Waals surface area contributed by atoms with E-state index in [1.54, 1.807) is 32.0 Å². The van der Waals surface area contributed by atoms with Crippen LogP contribution in [-0.2, 0) is 9.53 Å². The Kier molecular flexibility index (Phi) is 5.12. The van der Waals surface area contributed by atoms with Gasteiger partial charge in [0.05, 0.1) is 14.7 Å². The summed E-state index contributed by atoms with van der Waals surface area (Å²) in [6.07, 6.45) is -0.675. The fourth-order valence-electron chi connectivity index (χ4n) is 3.13. The van der Waals surface area contributed by atoms with Crippen molar-refractivity contribution < 1.29 is 24.0 Å². The zero-order valence-electron chi connectivity index (χ0n) is 15.8. The van der Waals surface area contributed by atoms with Crippen LogP contribution in [0.25, 0.3) is 0 Å². The molecule has 3 rings (SSSR count). The van der Waals surface area contributed by atoms with Gasteiger partial charge in [0.1, 0.15) is 17.4 Å². The van der Waals surface area contributed by atoms with Crippen LogP contribution in [0.15, 0.2) is 30.3 Å². The van der Waals surface area contributed by atoms with Crippen molar-refractivity contribution in [1.82, 2.24) is 0 Å². The van der Waals surface area contributed by atoms with Crippen molar-refractivity contribution in [2.45, 2.75) is 45.4 Å². The lowest BCUT2D eigenvalue weighted by Crippen LogP contribution is -2.52. The van der Waals surface area contributed by atoms with Crippen molar-refractivity contribution in [1.29, 1.82) is 0 Å². The van der Waals surface area contributed by atoms with Gasteiger partial charge in [-0.2, -0.15) is 0 Å². The maximum atomic E-state index is 11.8. The number of thiophene rings is 1. The number of ether oxygens (including phenoxy) is 2. The Morgan fingerprint density at radius 2 is 1.89 bits per heavy atom. The Hall–Kier alpha value is -2.94. The molecule has 0 saturated heterocycles. The first-order chi connectivity index (χ1) is 13.1. The second-order valence-electron chi connectivity index (χ2n) is 7.06. The maximum absolute atomic E-state index is 11.8. The van der Waals surface area contributed by atoms with Gasteiger partial charge in [-0.25, -0.2) is 0 Å². The monoisotopic (exact) mass is 404 g/mol. The van der Waals surface area contributed by atoms with Gasteiger partial charge in [-0.3, -0.25) is 19.7 Å². The smallest absolute Gasteiger partial charge is 0.303 e. The van der Waals surface area contributed by atoms with E-state index in [0.717, 1.165) is 4.88 Å². The zero-order chi connectivity index (χ0) is 20.6. The average molecular weight is 404 g/mol. The number of nitro benzene ring substituents is 1. The number of hydrogen-bond donors (Lipinski definition) is 1. The lowest BCUT2D eigenvalue weighted by atomic mass is 9.90. The number of nitrogens with zero attached hydrogens (tertiary/aromatic N) is 1. The standard InChI is InChI=1S/C19H20N2O6S/c1-10(22)15-9-14-17(28-15)16(18(26-11(2)23)19(3,4)27-14)20-12-5-7-13(8-6-12)21(24)25/h5-9,16,18,20H,1-4H3. The van der Waals surface area contributed by atoms with Crippen molar-refractivity contribution in [3.8, 4) is 5.75 Å². The van der Waals surface area contributed by atoms with E-state index in [0.29, 0.717) is 16.3 Å². The van der Waals surface area contributed by atoms with E-state index < -0.39 is 28.6 Å². The highest BCUT2D eigenvalue weighted by molar-refractivity contribution is 7.14. The minimum absolute atomic E-state index is 0.0231. The highest BCUT2D eigenvalue weighted by Gasteiger charge is 2.47. The van der Waals surface area contributed by atoms with Gasteiger partial charge in [0, 0.05) is 30.8 Å². The second-order valence-corrected chi connectivity index (χ2v) is 8.14. The maximum Gasteiger partial charge on any atom is 0.303 e. The molecule has 1 aliphatic heterocycles. The normalized spacial score (nSPS) is 19.9. The fourth-order valence-corrected chi connectivity index (χ4v) is 4.18. The summed E-state index contributed by atoms with van der Waals surface area (Å²) >= 11 is 1.27. The third kappa shape index (κ3) is 3.84. The van der Waals surface area contributed by atoms with Crippen molar-refractivity contribution >= 4 is 34.5 Å². The SMILES string of the molecule is CC(=O)OC1C(Nc2ccc([N+](=O)[O-])cc2)c2sc(C(C)=O)cc2OC1(C)C. The fraction of sp³-hybridized carbons (Fsp3) is 0.368. The third-order valence-electron chi connectivity index (χ3n) is 4.41. The van der Waals surface area contributed by atoms with Crippen molar-refractivity contribution in [3.63, 3.8) is 0 Å². The molecule has 8 nitrogen and oxygen atoms in total. The Labute approximate surface area is 165 Å². The Bertz CT molecular complexity index is 934. The van der Waals surface area contributed by atoms with E-state index in [1.165, 1.54) is 37.3 Å². The van der Waals surface area contributed by atoms with Gasteiger partial charge in [-0.1, -0.05) is 0 Å². The summed E-state index contributed by atoms with van der Waals surface area (Å²) in [7, 11) is 0. The van der Waals surface area contributed by atoms with Gasteiger partial charge in [0.25, 0.3) is 5.69 Å². The van der Waals surface area contributed by atoms with Gasteiger partial charge in [-0.05, 0) is 32.9 Å². The van der Waals surface area contributed by atoms with Crippen LogP contribution in [-0.4, -0.2) is 28.4 Å². The minimum Gasteiger partial charge on any atom is -0.483 e. The molecule has 148 valence electrons. The number of ketones is 1. The highest BCUT2D eigenvalue weighted by atomic mass is 32.1. The van der Waals surface area contributed by atoms with Gasteiger partial charge < -0.3 is 14.8 Å². The van der Waals surface area contributed by atoms with E-state index in [-0.39, 0.29) is 11.5 Å². The summed E-state index contributed by atoms with van der Waals surface area (Å²) in [6.45, 7) is 6.41. The second kappa shape index (κ2) is 7.23. The average Bonchev–Trinajstić information content (AvgIpc) is 3.01. The topological polar surface area (TPSA) is 108 Å². The highest BCUT2D eigenvalue weighted by Crippen LogP contribution is 2.47. The molecule has 2 aromatic rings. The Morgan fingerprint density at radius 3 is 2.43 bits per heavy atom. The Balaban J connectivity index is 2.03. The van der Waals surface area contributed by atoms with Crippen molar-refractivity contribution in [3.05, 3.63) is 50.2 Å². The van der Waals surface area contributed by atoms with Crippen LogP contribution < -0.4 is 10.1 Å². The predicted octanol–water partition coefficient (Wildman–Crippen LogP) is 4.11. The molecular weight excluding hydrogens is 384 g/mol. The molecule has 0 spiro atoms. The first-order valence-corrected chi connectivity index (χ1v) is 9.42. The van der Waals surface area contributed by atoms with E-state index >= 15 is 0 Å². The number of esters is 1. The van der Waals surface area contributed by atoms with Crippen LogP contribution in [0.2, 0.25) is 0 Å². The molecule has 0 bridgehead atoms. The van der Waals surface area contributed by atoms with Crippen LogP contribution in [0.5, 0.6) is 5.75 Å². The predicted molar refractivity (Wildman–Crippen MR) is 104 cm³/mol. The molecular formula is C19H20N2O6S. The quantitative estimate of drug-likeness (QED) is 0.346. The molecule has 1 aromatic heterocycles. The van der Waals surface area contributed by atoms with Crippen LogP contribution in [0.1, 0.15) is 48.3 Å². The molecule has 0 aliphatic carbocycles. The summed E-state index contributed by atoms with van der Waals surface area (Å²) in [6, 6.07) is 7.17. The lowest BCUT2D eigenvalue weighted by molar-refractivity contribution is -0.384. The molecule has 0 fully saturated rings. The number of nitrogens with one attached hydrogen (secondary N) is 1.